The Morgan fingerprint density at radius 1 is 0.733 bits per heavy atom. The normalized spacial score (nSPS) is 33.4. The van der Waals surface area contributed by atoms with Crippen LogP contribution in [0.3, 0.4) is 0 Å². The predicted octanol–water partition coefficient (Wildman–Crippen LogP) is 3.74. The fourth-order valence-corrected chi connectivity index (χ4v) is 4.39. The van der Waals surface area contributed by atoms with Crippen LogP contribution in [-0.2, 0) is 0 Å². The molecule has 2 aliphatic carbocycles. The number of rotatable bonds is 2. The Kier molecular flexibility index (Phi) is 6.40. The third-order valence-electron chi connectivity index (χ3n) is 3.66. The molecule has 0 aromatic rings. The first-order valence-electron chi connectivity index (χ1n) is 6.25. The Hall–Kier alpha value is 0.600. The van der Waals surface area contributed by atoms with Crippen LogP contribution >= 0.6 is 24.2 Å². The van der Waals surface area contributed by atoms with Crippen LogP contribution in [0.5, 0.6) is 0 Å². The summed E-state index contributed by atoms with van der Waals surface area (Å²) in [5, 5.41) is 1.93. The molecule has 2 fully saturated rings. The molecule has 90 valence electrons. The Labute approximate surface area is 104 Å². The summed E-state index contributed by atoms with van der Waals surface area (Å²) < 4.78 is 0. The molecule has 3 heteroatoms. The second-order valence-electron chi connectivity index (χ2n) is 4.93. The summed E-state index contributed by atoms with van der Waals surface area (Å²) in [6.45, 7) is 0. The minimum absolute atomic E-state index is 0. The van der Waals surface area contributed by atoms with Crippen molar-refractivity contribution in [3.63, 3.8) is 0 Å². The van der Waals surface area contributed by atoms with E-state index in [9.17, 15) is 0 Å². The second-order valence-corrected chi connectivity index (χ2v) is 6.54. The predicted molar refractivity (Wildman–Crippen MR) is 71.9 cm³/mol. The van der Waals surface area contributed by atoms with Crippen LogP contribution in [0.15, 0.2) is 0 Å². The maximum absolute atomic E-state index is 5.92. The number of halogens is 1. The third kappa shape index (κ3) is 4.54. The highest BCUT2D eigenvalue weighted by atomic mass is 35.5. The van der Waals surface area contributed by atoms with Gasteiger partial charge in [-0.1, -0.05) is 19.3 Å². The maximum Gasteiger partial charge on any atom is 0.00509 e. The fraction of sp³-hybridized carbons (Fsp3) is 1.00. The third-order valence-corrected chi connectivity index (χ3v) is 5.37. The number of nitrogens with two attached hydrogens (primary N) is 1. The van der Waals surface area contributed by atoms with Crippen molar-refractivity contribution in [2.45, 2.75) is 74.3 Å². The van der Waals surface area contributed by atoms with Gasteiger partial charge in [0.1, 0.15) is 0 Å². The fourth-order valence-electron chi connectivity index (χ4n) is 2.70. The van der Waals surface area contributed by atoms with Gasteiger partial charge >= 0.3 is 0 Å². The molecule has 0 aromatic carbocycles. The summed E-state index contributed by atoms with van der Waals surface area (Å²) in [6.07, 6.45) is 12.7. The standard InChI is InChI=1S/C12H23NS.ClH/c13-10-6-8-12(9-7-10)14-11-4-2-1-3-5-11;/h10-12H,1-9,13H2;1H. The lowest BCUT2D eigenvalue weighted by molar-refractivity contribution is 0.446. The van der Waals surface area contributed by atoms with Gasteiger partial charge in [0.05, 0.1) is 0 Å². The smallest absolute Gasteiger partial charge is 0.00509 e. The number of thioether (sulfide) groups is 1. The molecule has 0 unspecified atom stereocenters. The summed E-state index contributed by atoms with van der Waals surface area (Å²) in [4.78, 5) is 0. The summed E-state index contributed by atoms with van der Waals surface area (Å²) in [7, 11) is 0. The molecular weight excluding hydrogens is 226 g/mol. The average Bonchev–Trinajstić information content (AvgIpc) is 2.23. The van der Waals surface area contributed by atoms with Crippen molar-refractivity contribution < 1.29 is 0 Å². The lowest BCUT2D eigenvalue weighted by atomic mass is 9.96. The van der Waals surface area contributed by atoms with Gasteiger partial charge in [0.15, 0.2) is 0 Å². The van der Waals surface area contributed by atoms with Crippen LogP contribution in [0.2, 0.25) is 0 Å². The van der Waals surface area contributed by atoms with Crippen molar-refractivity contribution in [2.75, 3.05) is 0 Å². The van der Waals surface area contributed by atoms with Crippen LogP contribution in [0, 0.1) is 0 Å². The molecule has 0 saturated heterocycles. The van der Waals surface area contributed by atoms with Gasteiger partial charge in [-0.05, 0) is 38.5 Å². The van der Waals surface area contributed by atoms with Gasteiger partial charge in [0.2, 0.25) is 0 Å². The van der Waals surface area contributed by atoms with Crippen LogP contribution in [0.1, 0.15) is 57.8 Å². The highest BCUT2D eigenvalue weighted by molar-refractivity contribution is 8.00. The molecular formula is C12H24ClNS. The van der Waals surface area contributed by atoms with Gasteiger partial charge in [-0.25, -0.2) is 0 Å². The molecule has 1 nitrogen and oxygen atoms in total. The first-order valence-corrected chi connectivity index (χ1v) is 7.20. The molecule has 15 heavy (non-hydrogen) atoms. The largest absolute Gasteiger partial charge is 0.328 e. The second kappa shape index (κ2) is 7.03. The average molecular weight is 250 g/mol. The lowest BCUT2D eigenvalue weighted by Crippen LogP contribution is -2.28. The van der Waals surface area contributed by atoms with E-state index in [1.165, 1.54) is 57.8 Å². The number of hydrogen-bond acceptors (Lipinski definition) is 2. The van der Waals surface area contributed by atoms with E-state index in [1.54, 1.807) is 0 Å². The van der Waals surface area contributed by atoms with E-state index in [1.807, 2.05) is 0 Å². The van der Waals surface area contributed by atoms with Crippen LogP contribution in [-0.4, -0.2) is 16.5 Å². The van der Waals surface area contributed by atoms with Crippen LogP contribution in [0.4, 0.5) is 0 Å². The van der Waals surface area contributed by atoms with Crippen molar-refractivity contribution in [2.24, 2.45) is 5.73 Å². The van der Waals surface area contributed by atoms with E-state index in [4.69, 9.17) is 5.73 Å². The first kappa shape index (κ1) is 13.7. The van der Waals surface area contributed by atoms with E-state index < -0.39 is 0 Å². The quantitative estimate of drug-likeness (QED) is 0.807. The molecule has 0 aliphatic heterocycles. The SMILES string of the molecule is Cl.NC1CCC(SC2CCCCC2)CC1. The summed E-state index contributed by atoms with van der Waals surface area (Å²) in [5.41, 5.74) is 5.92. The minimum atomic E-state index is 0. The van der Waals surface area contributed by atoms with Gasteiger partial charge in [-0.2, -0.15) is 11.8 Å². The Morgan fingerprint density at radius 2 is 1.27 bits per heavy atom. The zero-order valence-corrected chi connectivity index (χ0v) is 11.1. The van der Waals surface area contributed by atoms with E-state index in [-0.39, 0.29) is 12.4 Å². The van der Waals surface area contributed by atoms with Crippen molar-refractivity contribution in [1.82, 2.24) is 0 Å². The van der Waals surface area contributed by atoms with E-state index in [0.29, 0.717) is 6.04 Å². The monoisotopic (exact) mass is 249 g/mol. The zero-order valence-electron chi connectivity index (χ0n) is 9.49. The number of hydrogen-bond donors (Lipinski definition) is 1. The Balaban J connectivity index is 0.00000112. The summed E-state index contributed by atoms with van der Waals surface area (Å²) in [5.74, 6) is 0. The molecule has 2 saturated carbocycles. The van der Waals surface area contributed by atoms with Gasteiger partial charge in [0, 0.05) is 16.5 Å². The minimum Gasteiger partial charge on any atom is -0.328 e. The van der Waals surface area contributed by atoms with Crippen LogP contribution < -0.4 is 5.73 Å². The molecule has 2 N–H and O–H groups in total. The molecule has 0 heterocycles. The topological polar surface area (TPSA) is 26.0 Å². The van der Waals surface area contributed by atoms with Gasteiger partial charge < -0.3 is 5.73 Å². The molecule has 0 radical (unpaired) electrons. The maximum atomic E-state index is 5.92. The molecule has 0 amide bonds. The summed E-state index contributed by atoms with van der Waals surface area (Å²) in [6, 6.07) is 0.512. The van der Waals surface area contributed by atoms with Gasteiger partial charge in [0.25, 0.3) is 0 Å². The van der Waals surface area contributed by atoms with Crippen molar-refractivity contribution >= 4 is 24.2 Å². The molecule has 0 spiro atoms. The highest BCUT2D eigenvalue weighted by Crippen LogP contribution is 2.36. The Bertz CT molecular complexity index is 163. The zero-order chi connectivity index (χ0) is 9.80. The van der Waals surface area contributed by atoms with E-state index >= 15 is 0 Å². The lowest BCUT2D eigenvalue weighted by Gasteiger charge is -2.30. The Morgan fingerprint density at radius 3 is 1.87 bits per heavy atom. The molecule has 0 bridgehead atoms. The van der Waals surface area contributed by atoms with E-state index in [2.05, 4.69) is 11.8 Å². The van der Waals surface area contributed by atoms with Gasteiger partial charge in [-0.3, -0.25) is 0 Å². The molecule has 0 aromatic heterocycles. The molecule has 0 atom stereocenters. The highest BCUT2D eigenvalue weighted by Gasteiger charge is 2.23. The van der Waals surface area contributed by atoms with Crippen molar-refractivity contribution in [3.8, 4) is 0 Å². The summed E-state index contributed by atoms with van der Waals surface area (Å²) >= 11 is 2.29. The van der Waals surface area contributed by atoms with Crippen molar-refractivity contribution in [1.29, 1.82) is 0 Å². The molecule has 2 aliphatic rings. The van der Waals surface area contributed by atoms with Crippen molar-refractivity contribution in [3.05, 3.63) is 0 Å². The molecule has 2 rings (SSSR count). The van der Waals surface area contributed by atoms with Gasteiger partial charge in [-0.15, -0.1) is 12.4 Å². The van der Waals surface area contributed by atoms with Crippen LogP contribution in [0.25, 0.3) is 0 Å². The first-order chi connectivity index (χ1) is 6.84. The van der Waals surface area contributed by atoms with E-state index in [0.717, 1.165) is 10.5 Å².